The maximum Gasteiger partial charge on any atom is 0.305 e. The Bertz CT molecular complexity index is 1830. The standard InChI is InChI=1S/C35H42N4O6/c1-9-22-18(3)28(38-34(22)42)15-26-20(5)24(11-13-32(40)44-7)30(36-26)17-31-25(12-14-33(41)45-8)21(6)27(37-31)16-29-19(4)23(10-2)35(43)39-29/h15-17,36-37H,9-14H2,1-8H3,(H,38,42)/b27-16?,28-15-,31-17-. The molecule has 2 aromatic rings. The van der Waals surface area contributed by atoms with Crippen LogP contribution in [0.25, 0.3) is 18.2 Å². The number of ether oxygens (including phenoxy) is 2. The number of aromatic nitrogens is 2. The number of carbonyl (C=O) groups is 4. The Balaban J connectivity index is 1.90. The predicted molar refractivity (Wildman–Crippen MR) is 174 cm³/mol. The number of nitrogens with one attached hydrogen (secondary N) is 3. The largest absolute Gasteiger partial charge is 0.469 e. The van der Waals surface area contributed by atoms with E-state index in [0.717, 1.165) is 66.8 Å². The molecule has 3 N–H and O–H groups in total. The zero-order valence-electron chi connectivity index (χ0n) is 27.4. The number of aliphatic imine (C=N–C) groups is 1. The van der Waals surface area contributed by atoms with Crippen LogP contribution >= 0.6 is 0 Å². The van der Waals surface area contributed by atoms with Gasteiger partial charge in [0.25, 0.3) is 11.8 Å². The van der Waals surface area contributed by atoms with E-state index in [1.807, 2.05) is 59.8 Å². The lowest BCUT2D eigenvalue weighted by Gasteiger charge is -2.04. The molecule has 0 aliphatic carbocycles. The fourth-order valence-corrected chi connectivity index (χ4v) is 5.95. The maximum atomic E-state index is 12.5. The van der Waals surface area contributed by atoms with Crippen molar-refractivity contribution in [3.05, 3.63) is 72.3 Å². The Hall–Kier alpha value is -4.73. The van der Waals surface area contributed by atoms with E-state index in [1.165, 1.54) is 14.2 Å². The first-order chi connectivity index (χ1) is 21.4. The number of carbonyl (C=O) groups excluding carboxylic acids is 4. The van der Waals surface area contributed by atoms with Crippen molar-refractivity contribution in [3.63, 3.8) is 0 Å². The molecule has 0 saturated heterocycles. The number of amides is 2. The van der Waals surface area contributed by atoms with Crippen LogP contribution in [0.3, 0.4) is 0 Å². The van der Waals surface area contributed by atoms with Crippen molar-refractivity contribution in [1.82, 2.24) is 15.3 Å². The van der Waals surface area contributed by atoms with Gasteiger partial charge in [-0.25, -0.2) is 4.99 Å². The van der Waals surface area contributed by atoms with Gasteiger partial charge in [-0.1, -0.05) is 13.8 Å². The highest BCUT2D eigenvalue weighted by atomic mass is 16.5. The molecule has 238 valence electrons. The molecule has 2 aliphatic heterocycles. The molecule has 0 unspecified atom stereocenters. The molecule has 2 aliphatic rings. The molecular formula is C35H42N4O6. The lowest BCUT2D eigenvalue weighted by atomic mass is 10.0. The Morgan fingerprint density at radius 1 is 0.733 bits per heavy atom. The Morgan fingerprint density at radius 2 is 1.36 bits per heavy atom. The summed E-state index contributed by atoms with van der Waals surface area (Å²) >= 11 is 0. The normalized spacial score (nSPS) is 16.8. The van der Waals surface area contributed by atoms with Crippen molar-refractivity contribution in [2.75, 3.05) is 14.2 Å². The smallest absolute Gasteiger partial charge is 0.305 e. The van der Waals surface area contributed by atoms with Crippen LogP contribution in [0.1, 0.15) is 87.0 Å². The van der Waals surface area contributed by atoms with E-state index >= 15 is 0 Å². The van der Waals surface area contributed by atoms with Crippen molar-refractivity contribution in [3.8, 4) is 0 Å². The van der Waals surface area contributed by atoms with Crippen LogP contribution in [0.4, 0.5) is 0 Å². The third-order valence-electron chi connectivity index (χ3n) is 8.78. The summed E-state index contributed by atoms with van der Waals surface area (Å²) in [4.78, 5) is 60.5. The van der Waals surface area contributed by atoms with Gasteiger partial charge in [-0.15, -0.1) is 0 Å². The average molecular weight is 615 g/mol. The number of esters is 2. The third-order valence-corrected chi connectivity index (χ3v) is 8.78. The van der Waals surface area contributed by atoms with E-state index in [4.69, 9.17) is 9.47 Å². The van der Waals surface area contributed by atoms with Gasteiger partial charge in [-0.3, -0.25) is 19.2 Å². The highest BCUT2D eigenvalue weighted by Crippen LogP contribution is 2.28. The molecule has 10 heteroatoms. The topological polar surface area (TPSA) is 143 Å². The second-order valence-corrected chi connectivity index (χ2v) is 11.3. The summed E-state index contributed by atoms with van der Waals surface area (Å²) < 4.78 is 9.83. The van der Waals surface area contributed by atoms with Gasteiger partial charge < -0.3 is 24.8 Å². The van der Waals surface area contributed by atoms with Crippen molar-refractivity contribution in [1.29, 1.82) is 0 Å². The fourth-order valence-electron chi connectivity index (χ4n) is 5.95. The van der Waals surface area contributed by atoms with Gasteiger partial charge in [0.1, 0.15) is 0 Å². The minimum Gasteiger partial charge on any atom is -0.469 e. The summed E-state index contributed by atoms with van der Waals surface area (Å²) in [5.74, 6) is -0.935. The fraction of sp³-hybridized carbons (Fsp3) is 0.400. The summed E-state index contributed by atoms with van der Waals surface area (Å²) in [6.07, 6.45) is 8.28. The molecular weight excluding hydrogens is 572 g/mol. The van der Waals surface area contributed by atoms with E-state index in [9.17, 15) is 19.2 Å². The van der Waals surface area contributed by atoms with Crippen molar-refractivity contribution < 1.29 is 28.7 Å². The van der Waals surface area contributed by atoms with Gasteiger partial charge in [-0.2, -0.15) is 0 Å². The SMILES string of the molecule is CCC1=C(C)C(C=c2[nH]/c(=C\c3[nH]c(/C=C4\NC(=O)C(CC)=C4C)c(C)c3CCC(=O)OC)c(CCC(=O)OC)c2C)=NC1=O. The van der Waals surface area contributed by atoms with Gasteiger partial charge in [0.15, 0.2) is 0 Å². The number of aromatic amines is 2. The molecule has 2 amide bonds. The minimum absolute atomic E-state index is 0.0891. The second-order valence-electron chi connectivity index (χ2n) is 11.3. The molecule has 2 aromatic heterocycles. The first-order valence-corrected chi connectivity index (χ1v) is 15.3. The highest BCUT2D eigenvalue weighted by molar-refractivity contribution is 6.30. The Kier molecular flexibility index (Phi) is 10.3. The van der Waals surface area contributed by atoms with E-state index in [2.05, 4.69) is 20.3 Å². The molecule has 4 heterocycles. The van der Waals surface area contributed by atoms with Gasteiger partial charge in [-0.05, 0) is 105 Å². The molecule has 45 heavy (non-hydrogen) atoms. The molecule has 0 fully saturated rings. The summed E-state index contributed by atoms with van der Waals surface area (Å²) in [7, 11) is 2.74. The summed E-state index contributed by atoms with van der Waals surface area (Å²) in [6, 6.07) is 0. The maximum absolute atomic E-state index is 12.5. The quantitative estimate of drug-likeness (QED) is 0.330. The first kappa shape index (κ1) is 33.2. The monoisotopic (exact) mass is 614 g/mol. The summed E-state index contributed by atoms with van der Waals surface area (Å²) in [5.41, 5.74) is 9.92. The Morgan fingerprint density at radius 3 is 1.91 bits per heavy atom. The highest BCUT2D eigenvalue weighted by Gasteiger charge is 2.24. The van der Waals surface area contributed by atoms with Gasteiger partial charge >= 0.3 is 11.9 Å². The number of nitrogens with zero attached hydrogens (tertiary/aromatic N) is 1. The van der Waals surface area contributed by atoms with Crippen molar-refractivity contribution >= 4 is 47.7 Å². The zero-order chi connectivity index (χ0) is 33.0. The van der Waals surface area contributed by atoms with Crippen LogP contribution in [-0.2, 0) is 41.5 Å². The van der Waals surface area contributed by atoms with Gasteiger partial charge in [0, 0.05) is 51.8 Å². The van der Waals surface area contributed by atoms with Crippen LogP contribution in [-0.4, -0.2) is 53.7 Å². The van der Waals surface area contributed by atoms with Crippen LogP contribution in [0.5, 0.6) is 0 Å². The lowest BCUT2D eigenvalue weighted by Crippen LogP contribution is -2.16. The average Bonchev–Trinajstić information content (AvgIpc) is 3.66. The van der Waals surface area contributed by atoms with Crippen LogP contribution in [0.2, 0.25) is 0 Å². The number of hydrogen-bond donors (Lipinski definition) is 3. The third kappa shape index (κ3) is 6.84. The molecule has 0 atom stereocenters. The molecule has 0 bridgehead atoms. The molecule has 0 spiro atoms. The summed E-state index contributed by atoms with van der Waals surface area (Å²) in [5, 5.41) is 4.54. The van der Waals surface area contributed by atoms with Gasteiger partial charge in [0.05, 0.1) is 19.9 Å². The molecule has 0 radical (unpaired) electrons. The number of H-pyrrole nitrogens is 2. The number of methoxy groups -OCH3 is 2. The minimum atomic E-state index is -0.318. The molecule has 4 rings (SSSR count). The number of rotatable bonds is 11. The van der Waals surface area contributed by atoms with E-state index < -0.39 is 0 Å². The number of allylic oxidation sites excluding steroid dienone is 2. The molecule has 0 saturated carbocycles. The lowest BCUT2D eigenvalue weighted by molar-refractivity contribution is -0.141. The van der Waals surface area contributed by atoms with Crippen LogP contribution in [0, 0.1) is 13.8 Å². The van der Waals surface area contributed by atoms with Gasteiger partial charge in [0.2, 0.25) is 0 Å². The van der Waals surface area contributed by atoms with Crippen LogP contribution in [0.15, 0.2) is 33.0 Å². The molecule has 10 nitrogen and oxygen atoms in total. The van der Waals surface area contributed by atoms with Crippen molar-refractivity contribution in [2.24, 2.45) is 4.99 Å². The zero-order valence-corrected chi connectivity index (χ0v) is 27.4. The summed E-state index contributed by atoms with van der Waals surface area (Å²) in [6.45, 7) is 11.7. The van der Waals surface area contributed by atoms with E-state index in [0.29, 0.717) is 37.0 Å². The first-order valence-electron chi connectivity index (χ1n) is 15.3. The number of hydrogen-bond acceptors (Lipinski definition) is 6. The van der Waals surface area contributed by atoms with Crippen LogP contribution < -0.4 is 16.0 Å². The molecule has 0 aromatic carbocycles. The predicted octanol–water partition coefficient (Wildman–Crippen LogP) is 3.69. The van der Waals surface area contributed by atoms with E-state index in [1.54, 1.807) is 0 Å². The van der Waals surface area contributed by atoms with Crippen molar-refractivity contribution in [2.45, 2.75) is 80.1 Å². The second kappa shape index (κ2) is 13.9. The van der Waals surface area contributed by atoms with E-state index in [-0.39, 0.29) is 36.6 Å². The Labute approximate surface area is 263 Å².